The van der Waals surface area contributed by atoms with Crippen molar-refractivity contribution >= 4 is 10.9 Å². The van der Waals surface area contributed by atoms with Crippen molar-refractivity contribution in [1.82, 2.24) is 9.97 Å². The highest BCUT2D eigenvalue weighted by atomic mass is 16.5. The average Bonchev–Trinajstić information content (AvgIpc) is 2.61. The minimum absolute atomic E-state index is 0.524. The Morgan fingerprint density at radius 1 is 0.913 bits per heavy atom. The maximum atomic E-state index is 5.83. The van der Waals surface area contributed by atoms with Crippen molar-refractivity contribution in [2.75, 3.05) is 20.8 Å². The highest BCUT2D eigenvalue weighted by molar-refractivity contribution is 5.82. The van der Waals surface area contributed by atoms with Gasteiger partial charge in [0.05, 0.1) is 31.7 Å². The number of methoxy groups -OCH3 is 2. The van der Waals surface area contributed by atoms with Crippen molar-refractivity contribution in [3.8, 4) is 17.4 Å². The van der Waals surface area contributed by atoms with E-state index in [2.05, 4.69) is 9.97 Å². The lowest BCUT2D eigenvalue weighted by atomic mass is 10.1. The molecule has 5 nitrogen and oxygen atoms in total. The van der Waals surface area contributed by atoms with Gasteiger partial charge in [-0.05, 0) is 29.8 Å². The number of rotatable bonds is 6. The minimum Gasteiger partial charge on any atom is -0.493 e. The first-order valence-corrected chi connectivity index (χ1v) is 7.35. The van der Waals surface area contributed by atoms with E-state index in [0.717, 1.165) is 34.4 Å². The second-order valence-electron chi connectivity index (χ2n) is 4.98. The lowest BCUT2D eigenvalue weighted by molar-refractivity contribution is 0.312. The topological polar surface area (TPSA) is 53.5 Å². The summed E-state index contributed by atoms with van der Waals surface area (Å²) in [7, 11) is 3.26. The molecule has 0 saturated heterocycles. The van der Waals surface area contributed by atoms with Gasteiger partial charge in [0.15, 0.2) is 11.5 Å². The maximum Gasteiger partial charge on any atom is 0.224 e. The molecule has 0 amide bonds. The predicted molar refractivity (Wildman–Crippen MR) is 88.3 cm³/mol. The molecule has 23 heavy (non-hydrogen) atoms. The number of benzene rings is 2. The maximum absolute atomic E-state index is 5.83. The largest absolute Gasteiger partial charge is 0.493 e. The Morgan fingerprint density at radius 2 is 1.74 bits per heavy atom. The van der Waals surface area contributed by atoms with Crippen molar-refractivity contribution in [2.45, 2.75) is 6.42 Å². The summed E-state index contributed by atoms with van der Waals surface area (Å²) in [4.78, 5) is 8.45. The van der Waals surface area contributed by atoms with E-state index in [1.807, 2.05) is 42.5 Å². The zero-order chi connectivity index (χ0) is 16.1. The van der Waals surface area contributed by atoms with Crippen LogP contribution < -0.4 is 14.2 Å². The number of hydrogen-bond donors (Lipinski definition) is 0. The molecule has 0 aliphatic carbocycles. The Morgan fingerprint density at radius 3 is 2.57 bits per heavy atom. The van der Waals surface area contributed by atoms with Gasteiger partial charge in [-0.15, -0.1) is 0 Å². The van der Waals surface area contributed by atoms with E-state index in [4.69, 9.17) is 14.2 Å². The number of fused-ring (bicyclic) bond motifs is 1. The summed E-state index contributed by atoms with van der Waals surface area (Å²) in [6, 6.07) is 13.7. The first-order chi connectivity index (χ1) is 11.3. The Labute approximate surface area is 134 Å². The fourth-order valence-electron chi connectivity index (χ4n) is 2.40. The first-order valence-electron chi connectivity index (χ1n) is 7.35. The Bertz CT molecular complexity index is 800. The Hall–Kier alpha value is -2.82. The van der Waals surface area contributed by atoms with Gasteiger partial charge in [0.1, 0.15) is 6.33 Å². The monoisotopic (exact) mass is 310 g/mol. The number of para-hydroxylation sites is 1. The van der Waals surface area contributed by atoms with Crippen LogP contribution in [0.25, 0.3) is 10.9 Å². The van der Waals surface area contributed by atoms with Crippen molar-refractivity contribution in [2.24, 2.45) is 0 Å². The molecule has 3 aromatic rings. The van der Waals surface area contributed by atoms with E-state index in [0.29, 0.717) is 12.5 Å². The summed E-state index contributed by atoms with van der Waals surface area (Å²) in [5, 5.41) is 0.919. The minimum atomic E-state index is 0.524. The van der Waals surface area contributed by atoms with Gasteiger partial charge in [-0.1, -0.05) is 18.2 Å². The van der Waals surface area contributed by atoms with Gasteiger partial charge in [0.25, 0.3) is 0 Å². The number of aromatic nitrogens is 2. The second-order valence-corrected chi connectivity index (χ2v) is 4.98. The molecule has 0 saturated carbocycles. The van der Waals surface area contributed by atoms with Gasteiger partial charge in [-0.2, -0.15) is 0 Å². The second kappa shape index (κ2) is 6.96. The molecule has 1 aromatic heterocycles. The van der Waals surface area contributed by atoms with E-state index < -0.39 is 0 Å². The first kappa shape index (κ1) is 15.1. The van der Waals surface area contributed by atoms with Crippen LogP contribution in [-0.4, -0.2) is 30.8 Å². The van der Waals surface area contributed by atoms with Crippen LogP contribution in [-0.2, 0) is 6.42 Å². The lowest BCUT2D eigenvalue weighted by Crippen LogP contribution is -2.04. The third-order valence-electron chi connectivity index (χ3n) is 3.58. The summed E-state index contributed by atoms with van der Waals surface area (Å²) in [5.41, 5.74) is 1.99. The van der Waals surface area contributed by atoms with Crippen LogP contribution in [0, 0.1) is 0 Å². The molecule has 1 heterocycles. The van der Waals surface area contributed by atoms with Crippen LogP contribution in [0.1, 0.15) is 5.56 Å². The lowest BCUT2D eigenvalue weighted by Gasteiger charge is -2.10. The predicted octanol–water partition coefficient (Wildman–Crippen LogP) is 3.27. The van der Waals surface area contributed by atoms with Crippen molar-refractivity contribution in [3.05, 3.63) is 54.4 Å². The van der Waals surface area contributed by atoms with Crippen LogP contribution in [0.2, 0.25) is 0 Å². The van der Waals surface area contributed by atoms with Crippen LogP contribution in [0.5, 0.6) is 17.4 Å². The van der Waals surface area contributed by atoms with Gasteiger partial charge >= 0.3 is 0 Å². The molecule has 0 atom stereocenters. The van der Waals surface area contributed by atoms with Gasteiger partial charge in [-0.25, -0.2) is 9.97 Å². The summed E-state index contributed by atoms with van der Waals surface area (Å²) in [6.45, 7) is 0.524. The van der Waals surface area contributed by atoms with Gasteiger partial charge in [0.2, 0.25) is 5.88 Å². The third-order valence-corrected chi connectivity index (χ3v) is 3.58. The van der Waals surface area contributed by atoms with Crippen LogP contribution >= 0.6 is 0 Å². The molecule has 0 bridgehead atoms. The smallest absolute Gasteiger partial charge is 0.224 e. The fraction of sp³-hybridized carbons (Fsp3) is 0.222. The summed E-state index contributed by atoms with van der Waals surface area (Å²) >= 11 is 0. The molecule has 2 aromatic carbocycles. The third kappa shape index (κ3) is 3.34. The molecule has 3 rings (SSSR count). The van der Waals surface area contributed by atoms with Crippen LogP contribution in [0.15, 0.2) is 48.8 Å². The van der Waals surface area contributed by atoms with Gasteiger partial charge in [0, 0.05) is 6.42 Å². The highest BCUT2D eigenvalue weighted by Crippen LogP contribution is 2.28. The summed E-state index contributed by atoms with van der Waals surface area (Å²) in [5.74, 6) is 2.05. The molecule has 0 N–H and O–H groups in total. The van der Waals surface area contributed by atoms with Crippen molar-refractivity contribution in [3.63, 3.8) is 0 Å². The van der Waals surface area contributed by atoms with Gasteiger partial charge in [-0.3, -0.25) is 0 Å². The fourth-order valence-corrected chi connectivity index (χ4v) is 2.40. The highest BCUT2D eigenvalue weighted by Gasteiger charge is 2.06. The van der Waals surface area contributed by atoms with E-state index >= 15 is 0 Å². The molecule has 0 unspecified atom stereocenters. The van der Waals surface area contributed by atoms with Crippen molar-refractivity contribution in [1.29, 1.82) is 0 Å². The van der Waals surface area contributed by atoms with Crippen molar-refractivity contribution < 1.29 is 14.2 Å². The molecule has 0 aliphatic rings. The SMILES string of the molecule is COc1ccc(CCOc2ncnc3ccccc23)cc1OC. The zero-order valence-corrected chi connectivity index (χ0v) is 13.2. The Kier molecular flexibility index (Phi) is 4.57. The molecule has 0 radical (unpaired) electrons. The number of nitrogens with zero attached hydrogens (tertiary/aromatic N) is 2. The summed E-state index contributed by atoms with van der Waals surface area (Å²) in [6.07, 6.45) is 2.27. The molecule has 5 heteroatoms. The van der Waals surface area contributed by atoms with E-state index in [1.165, 1.54) is 6.33 Å². The molecular weight excluding hydrogens is 292 g/mol. The standard InChI is InChI=1S/C18H18N2O3/c1-21-16-8-7-13(11-17(16)22-2)9-10-23-18-14-5-3-4-6-15(14)19-12-20-18/h3-8,11-12H,9-10H2,1-2H3. The number of ether oxygens (including phenoxy) is 3. The Balaban J connectivity index is 1.69. The number of hydrogen-bond acceptors (Lipinski definition) is 5. The average molecular weight is 310 g/mol. The quantitative estimate of drug-likeness (QED) is 0.699. The molecule has 118 valence electrons. The van der Waals surface area contributed by atoms with E-state index in [-0.39, 0.29) is 0 Å². The molecular formula is C18H18N2O3. The van der Waals surface area contributed by atoms with E-state index in [9.17, 15) is 0 Å². The van der Waals surface area contributed by atoms with Gasteiger partial charge < -0.3 is 14.2 Å². The normalized spacial score (nSPS) is 10.5. The van der Waals surface area contributed by atoms with Crippen LogP contribution in [0.3, 0.4) is 0 Å². The molecule has 0 fully saturated rings. The molecule has 0 spiro atoms. The summed E-state index contributed by atoms with van der Waals surface area (Å²) < 4.78 is 16.4. The van der Waals surface area contributed by atoms with Crippen LogP contribution in [0.4, 0.5) is 0 Å². The molecule has 0 aliphatic heterocycles. The van der Waals surface area contributed by atoms with E-state index in [1.54, 1.807) is 14.2 Å². The zero-order valence-electron chi connectivity index (χ0n) is 13.2.